The molecule has 4 heteroatoms. The summed E-state index contributed by atoms with van der Waals surface area (Å²) in [5.41, 5.74) is 5.81. The topological polar surface area (TPSA) is 50.8 Å². The molecule has 3 aromatic heterocycles. The third-order valence-electron chi connectivity index (χ3n) is 4.65. The molecule has 130 valence electrons. The van der Waals surface area contributed by atoms with Crippen molar-refractivity contribution in [2.75, 3.05) is 7.11 Å². The predicted octanol–water partition coefficient (Wildman–Crippen LogP) is 4.34. The molecule has 0 unspecified atom stereocenters. The van der Waals surface area contributed by atoms with Crippen LogP contribution in [0.4, 0.5) is 0 Å². The first kappa shape index (κ1) is 16.3. The van der Waals surface area contributed by atoms with Crippen LogP contribution in [0.25, 0.3) is 11.0 Å². The summed E-state index contributed by atoms with van der Waals surface area (Å²) in [4.78, 5) is 12.2. The van der Waals surface area contributed by atoms with Crippen molar-refractivity contribution in [1.82, 2.24) is 15.0 Å². The van der Waals surface area contributed by atoms with Crippen molar-refractivity contribution in [3.05, 3.63) is 89.5 Å². The molecule has 0 spiro atoms. The average Bonchev–Trinajstić information content (AvgIpc) is 3.11. The number of nitrogens with zero attached hydrogens (tertiary/aromatic N) is 2. The number of methoxy groups -OCH3 is 1. The van der Waals surface area contributed by atoms with Gasteiger partial charge in [-0.1, -0.05) is 18.2 Å². The Labute approximate surface area is 152 Å². The number of ether oxygens (including phenoxy) is 1. The van der Waals surface area contributed by atoms with E-state index in [0.717, 1.165) is 36.4 Å². The van der Waals surface area contributed by atoms with Gasteiger partial charge in [-0.2, -0.15) is 0 Å². The number of hydrogen-bond acceptors (Lipinski definition) is 3. The van der Waals surface area contributed by atoms with Crippen LogP contribution in [0.15, 0.2) is 67.1 Å². The molecule has 0 aliphatic carbocycles. The molecule has 0 amide bonds. The Bertz CT molecular complexity index is 988. The van der Waals surface area contributed by atoms with Crippen molar-refractivity contribution in [2.45, 2.75) is 19.3 Å². The van der Waals surface area contributed by atoms with E-state index in [-0.39, 0.29) is 0 Å². The van der Waals surface area contributed by atoms with Crippen molar-refractivity contribution >= 4 is 11.0 Å². The molecule has 0 aliphatic heterocycles. The second-order valence-corrected chi connectivity index (χ2v) is 6.40. The lowest BCUT2D eigenvalue weighted by Crippen LogP contribution is -1.96. The molecule has 0 aliphatic rings. The van der Waals surface area contributed by atoms with Gasteiger partial charge < -0.3 is 9.72 Å². The summed E-state index contributed by atoms with van der Waals surface area (Å²) in [6, 6.07) is 16.6. The number of H-pyrrole nitrogens is 1. The van der Waals surface area contributed by atoms with Gasteiger partial charge in [-0.25, -0.2) is 4.98 Å². The van der Waals surface area contributed by atoms with Crippen molar-refractivity contribution < 1.29 is 4.74 Å². The number of hydrogen-bond donors (Lipinski definition) is 1. The predicted molar refractivity (Wildman–Crippen MR) is 104 cm³/mol. The zero-order valence-corrected chi connectivity index (χ0v) is 14.8. The molecule has 0 saturated heterocycles. The second kappa shape index (κ2) is 7.40. The van der Waals surface area contributed by atoms with Gasteiger partial charge >= 0.3 is 0 Å². The fourth-order valence-electron chi connectivity index (χ4n) is 3.15. The molecule has 26 heavy (non-hydrogen) atoms. The van der Waals surface area contributed by atoms with Gasteiger partial charge in [-0.3, -0.25) is 4.98 Å². The van der Waals surface area contributed by atoms with Crippen LogP contribution in [0.2, 0.25) is 0 Å². The number of fused-ring (bicyclic) bond motifs is 1. The van der Waals surface area contributed by atoms with Gasteiger partial charge in [0, 0.05) is 36.1 Å². The molecule has 4 nitrogen and oxygen atoms in total. The van der Waals surface area contributed by atoms with E-state index in [4.69, 9.17) is 4.74 Å². The minimum absolute atomic E-state index is 0.859. The summed E-state index contributed by atoms with van der Waals surface area (Å²) in [5, 5.41) is 1.18. The molecule has 0 bridgehead atoms. The Balaban J connectivity index is 1.40. The van der Waals surface area contributed by atoms with Crippen LogP contribution in [0.3, 0.4) is 0 Å². The van der Waals surface area contributed by atoms with Crippen LogP contribution in [0, 0.1) is 0 Å². The molecule has 0 saturated carbocycles. The van der Waals surface area contributed by atoms with E-state index in [0.29, 0.717) is 0 Å². The standard InChI is InChI=1S/C22H21N3O/c1-26-20-10-6-16(7-11-20)4-8-19-9-5-17(14-24-19)13-18-15-25-22-21(18)3-2-12-23-22/h2-3,5-7,9-12,14-15H,4,8,13H2,1H3,(H,23,25). The van der Waals surface area contributed by atoms with Crippen LogP contribution >= 0.6 is 0 Å². The minimum Gasteiger partial charge on any atom is -0.497 e. The zero-order valence-electron chi connectivity index (χ0n) is 14.8. The largest absolute Gasteiger partial charge is 0.497 e. The van der Waals surface area contributed by atoms with Gasteiger partial charge in [-0.05, 0) is 59.9 Å². The highest BCUT2D eigenvalue weighted by Crippen LogP contribution is 2.19. The SMILES string of the molecule is COc1ccc(CCc2ccc(Cc3c[nH]c4ncccc34)cn2)cc1. The highest BCUT2D eigenvalue weighted by Gasteiger charge is 2.06. The number of aromatic amines is 1. The zero-order chi connectivity index (χ0) is 17.8. The third-order valence-corrected chi connectivity index (χ3v) is 4.65. The lowest BCUT2D eigenvalue weighted by atomic mass is 10.0. The van der Waals surface area contributed by atoms with Gasteiger partial charge in [0.2, 0.25) is 0 Å². The Morgan fingerprint density at radius 3 is 2.54 bits per heavy atom. The van der Waals surface area contributed by atoms with E-state index in [2.05, 4.69) is 45.3 Å². The van der Waals surface area contributed by atoms with Gasteiger partial charge in [0.25, 0.3) is 0 Å². The van der Waals surface area contributed by atoms with Crippen LogP contribution in [0.1, 0.15) is 22.4 Å². The quantitative estimate of drug-likeness (QED) is 0.566. The summed E-state index contributed by atoms with van der Waals surface area (Å²) in [6.07, 6.45) is 8.60. The van der Waals surface area contributed by atoms with E-state index < -0.39 is 0 Å². The lowest BCUT2D eigenvalue weighted by Gasteiger charge is -2.05. The van der Waals surface area contributed by atoms with Crippen molar-refractivity contribution in [3.8, 4) is 5.75 Å². The number of pyridine rings is 2. The number of benzene rings is 1. The van der Waals surface area contributed by atoms with Crippen molar-refractivity contribution in [1.29, 1.82) is 0 Å². The van der Waals surface area contributed by atoms with Gasteiger partial charge in [0.05, 0.1) is 7.11 Å². The van der Waals surface area contributed by atoms with Crippen LogP contribution in [-0.2, 0) is 19.3 Å². The van der Waals surface area contributed by atoms with Gasteiger partial charge in [0.15, 0.2) is 0 Å². The van der Waals surface area contributed by atoms with Crippen LogP contribution in [0.5, 0.6) is 5.75 Å². The average molecular weight is 343 g/mol. The number of aromatic nitrogens is 3. The molecule has 0 radical (unpaired) electrons. The summed E-state index contributed by atoms with van der Waals surface area (Å²) >= 11 is 0. The van der Waals surface area contributed by atoms with Crippen LogP contribution in [-0.4, -0.2) is 22.1 Å². The monoisotopic (exact) mass is 343 g/mol. The molecular weight excluding hydrogens is 322 g/mol. The Morgan fingerprint density at radius 2 is 1.77 bits per heavy atom. The molecule has 0 atom stereocenters. The minimum atomic E-state index is 0.859. The summed E-state index contributed by atoms with van der Waals surface area (Å²) < 4.78 is 5.20. The molecule has 3 heterocycles. The van der Waals surface area contributed by atoms with Crippen molar-refractivity contribution in [3.63, 3.8) is 0 Å². The fourth-order valence-corrected chi connectivity index (χ4v) is 3.15. The number of aryl methyl sites for hydroxylation is 2. The molecule has 1 aromatic carbocycles. The Hall–Kier alpha value is -3.14. The van der Waals surface area contributed by atoms with Gasteiger partial charge in [-0.15, -0.1) is 0 Å². The smallest absolute Gasteiger partial charge is 0.137 e. The number of nitrogens with one attached hydrogen (secondary N) is 1. The second-order valence-electron chi connectivity index (χ2n) is 6.40. The molecule has 4 rings (SSSR count). The summed E-state index contributed by atoms with van der Waals surface area (Å²) in [7, 11) is 1.69. The van der Waals surface area contributed by atoms with Crippen molar-refractivity contribution in [2.24, 2.45) is 0 Å². The maximum atomic E-state index is 5.20. The van der Waals surface area contributed by atoms with E-state index in [1.807, 2.05) is 36.8 Å². The summed E-state index contributed by atoms with van der Waals surface area (Å²) in [6.45, 7) is 0. The van der Waals surface area contributed by atoms with E-state index >= 15 is 0 Å². The summed E-state index contributed by atoms with van der Waals surface area (Å²) in [5.74, 6) is 0.892. The third kappa shape index (κ3) is 3.59. The molecule has 0 fully saturated rings. The first-order chi connectivity index (χ1) is 12.8. The Morgan fingerprint density at radius 1 is 0.923 bits per heavy atom. The van der Waals surface area contributed by atoms with E-state index in [9.17, 15) is 0 Å². The maximum absolute atomic E-state index is 5.20. The first-order valence-corrected chi connectivity index (χ1v) is 8.79. The Kier molecular flexibility index (Phi) is 4.65. The van der Waals surface area contributed by atoms with Gasteiger partial charge in [0.1, 0.15) is 11.4 Å². The highest BCUT2D eigenvalue weighted by atomic mass is 16.5. The molecular formula is C22H21N3O. The molecule has 1 N–H and O–H groups in total. The normalized spacial score (nSPS) is 11.0. The van der Waals surface area contributed by atoms with E-state index in [1.54, 1.807) is 7.11 Å². The van der Waals surface area contributed by atoms with Crippen LogP contribution < -0.4 is 4.74 Å². The van der Waals surface area contributed by atoms with E-state index in [1.165, 1.54) is 22.1 Å². The first-order valence-electron chi connectivity index (χ1n) is 8.79. The fraction of sp³-hybridized carbons (Fsp3) is 0.182. The lowest BCUT2D eigenvalue weighted by molar-refractivity contribution is 0.414. The highest BCUT2D eigenvalue weighted by molar-refractivity contribution is 5.79. The molecule has 4 aromatic rings. The maximum Gasteiger partial charge on any atom is 0.137 e. The number of rotatable bonds is 6.